The zero-order valence-electron chi connectivity index (χ0n) is 20.7. The zero-order chi connectivity index (χ0) is 27.3. The number of esters is 1. The van der Waals surface area contributed by atoms with Gasteiger partial charge in [0.05, 0.1) is 23.6 Å². The fourth-order valence-electron chi connectivity index (χ4n) is 3.62. The molecule has 3 aromatic rings. The van der Waals surface area contributed by atoms with Crippen molar-refractivity contribution in [3.8, 4) is 17.2 Å². The van der Waals surface area contributed by atoms with Crippen molar-refractivity contribution in [3.63, 3.8) is 0 Å². The van der Waals surface area contributed by atoms with Gasteiger partial charge in [-0.25, -0.2) is 9.59 Å². The summed E-state index contributed by atoms with van der Waals surface area (Å²) in [7, 11) is 0. The lowest BCUT2D eigenvalue weighted by molar-refractivity contribution is -0.384. The van der Waals surface area contributed by atoms with E-state index in [0.29, 0.717) is 21.3 Å². The molecule has 0 saturated heterocycles. The summed E-state index contributed by atoms with van der Waals surface area (Å²) in [6.07, 6.45) is 0.800. The van der Waals surface area contributed by atoms with Crippen LogP contribution in [0.4, 0.5) is 16.2 Å². The van der Waals surface area contributed by atoms with E-state index in [1.807, 2.05) is 0 Å². The largest absolute Gasteiger partial charge is 0.462 e. The number of nitro groups is 1. The molecule has 2 aromatic carbocycles. The number of nitro benzene ring substituents is 1. The van der Waals surface area contributed by atoms with E-state index < -0.39 is 28.3 Å². The number of carbonyl (C=O) groups is 2. The van der Waals surface area contributed by atoms with Gasteiger partial charge in [0.2, 0.25) is 0 Å². The molecule has 3 rings (SSSR count). The minimum absolute atomic E-state index is 0.0499. The van der Waals surface area contributed by atoms with Gasteiger partial charge in [-0.05, 0) is 60.8 Å². The Morgan fingerprint density at radius 3 is 2.43 bits per heavy atom. The molecule has 192 valence electrons. The summed E-state index contributed by atoms with van der Waals surface area (Å²) in [6.45, 7) is 6.55. The van der Waals surface area contributed by atoms with E-state index in [4.69, 9.17) is 9.47 Å². The Kier molecular flexibility index (Phi) is 8.35. The number of halogens is 1. The summed E-state index contributed by atoms with van der Waals surface area (Å²) in [5.74, 6) is -0.800. The number of nitriles is 1. The topological polar surface area (TPSA) is 139 Å². The van der Waals surface area contributed by atoms with Gasteiger partial charge in [-0.15, -0.1) is 0 Å². The number of amides is 1. The maximum absolute atomic E-state index is 13.3. The molecule has 0 spiro atoms. The van der Waals surface area contributed by atoms with Gasteiger partial charge in [-0.3, -0.25) is 15.0 Å². The molecule has 0 fully saturated rings. The van der Waals surface area contributed by atoms with E-state index >= 15 is 0 Å². The van der Waals surface area contributed by atoms with Gasteiger partial charge in [0.15, 0.2) is 0 Å². The second-order valence-corrected chi connectivity index (χ2v) is 9.77. The molecule has 0 saturated carbocycles. The number of nitrogens with one attached hydrogen (secondary N) is 1. The highest BCUT2D eigenvalue weighted by molar-refractivity contribution is 9.10. The van der Waals surface area contributed by atoms with Crippen molar-refractivity contribution < 1.29 is 24.0 Å². The maximum Gasteiger partial charge on any atom is 0.415 e. The Bertz CT molecular complexity index is 1370. The van der Waals surface area contributed by atoms with Crippen molar-refractivity contribution in [1.82, 2.24) is 4.98 Å². The summed E-state index contributed by atoms with van der Waals surface area (Å²) in [5.41, 5.74) is 0.722. The first kappa shape index (κ1) is 27.4. The number of anilines is 1. The summed E-state index contributed by atoms with van der Waals surface area (Å²) >= 11 is 3.43. The van der Waals surface area contributed by atoms with E-state index in [0.717, 1.165) is 10.5 Å². The van der Waals surface area contributed by atoms with Crippen molar-refractivity contribution in [2.45, 2.75) is 39.8 Å². The fourth-order valence-corrected chi connectivity index (χ4v) is 4.16. The van der Waals surface area contributed by atoms with Crippen LogP contribution >= 0.6 is 15.9 Å². The van der Waals surface area contributed by atoms with E-state index in [1.165, 1.54) is 18.2 Å². The molecule has 0 atom stereocenters. The third kappa shape index (κ3) is 6.34. The quantitative estimate of drug-likeness (QED) is 0.199. The Hall–Kier alpha value is -4.17. The Labute approximate surface area is 222 Å². The zero-order valence-corrected chi connectivity index (χ0v) is 22.3. The fraction of sp³-hybridized carbons (Fsp3) is 0.269. The number of aromatic amines is 1. The predicted octanol–water partition coefficient (Wildman–Crippen LogP) is 6.34. The van der Waals surface area contributed by atoms with E-state index in [-0.39, 0.29) is 24.4 Å². The number of nitrogens with zero attached hydrogens (tertiary/aromatic N) is 3. The first-order valence-electron chi connectivity index (χ1n) is 11.3. The molecule has 1 N–H and O–H groups in total. The standard InChI is InChI=1S/C26H25BrN4O6/c1-5-36-24(32)18-7-6-8-21(31(34)35)23(18)30(25(33)37-26(2,3)4)15-16-9-11-17(12-10-16)22-19(27)14-29-20(22)13-28/h6-12,14,29H,5,15H2,1-4H3. The van der Waals surface area contributed by atoms with Crippen LogP contribution in [-0.2, 0) is 16.0 Å². The van der Waals surface area contributed by atoms with Crippen molar-refractivity contribution in [2.75, 3.05) is 11.5 Å². The Balaban J connectivity index is 2.11. The molecule has 10 nitrogen and oxygen atoms in total. The number of hydrogen-bond acceptors (Lipinski definition) is 7. The summed E-state index contributed by atoms with van der Waals surface area (Å²) in [5, 5.41) is 21.3. The van der Waals surface area contributed by atoms with Crippen molar-refractivity contribution in [2.24, 2.45) is 0 Å². The Morgan fingerprint density at radius 2 is 1.86 bits per heavy atom. The second-order valence-electron chi connectivity index (χ2n) is 8.91. The molecular weight excluding hydrogens is 544 g/mol. The lowest BCUT2D eigenvalue weighted by atomic mass is 10.0. The van der Waals surface area contributed by atoms with E-state index in [1.54, 1.807) is 58.2 Å². The number of carbonyl (C=O) groups excluding carboxylic acids is 2. The first-order valence-corrected chi connectivity index (χ1v) is 12.1. The average Bonchev–Trinajstić information content (AvgIpc) is 3.21. The maximum atomic E-state index is 13.3. The van der Waals surface area contributed by atoms with Gasteiger partial charge in [-0.2, -0.15) is 5.26 Å². The van der Waals surface area contributed by atoms with Crippen LogP contribution in [0.3, 0.4) is 0 Å². The summed E-state index contributed by atoms with van der Waals surface area (Å²) in [4.78, 5) is 41.3. The highest BCUT2D eigenvalue weighted by Gasteiger charge is 2.33. The Morgan fingerprint density at radius 1 is 1.19 bits per heavy atom. The molecule has 37 heavy (non-hydrogen) atoms. The average molecular weight is 569 g/mol. The van der Waals surface area contributed by atoms with Crippen molar-refractivity contribution in [1.29, 1.82) is 5.26 Å². The van der Waals surface area contributed by atoms with Crippen LogP contribution in [0.15, 0.2) is 53.1 Å². The summed E-state index contributed by atoms with van der Waals surface area (Å²) < 4.78 is 11.4. The highest BCUT2D eigenvalue weighted by atomic mass is 79.9. The van der Waals surface area contributed by atoms with Crippen LogP contribution in [0.2, 0.25) is 0 Å². The number of benzene rings is 2. The lowest BCUT2D eigenvalue weighted by Crippen LogP contribution is -2.37. The van der Waals surface area contributed by atoms with Crippen LogP contribution in [-0.4, -0.2) is 34.2 Å². The van der Waals surface area contributed by atoms with Gasteiger partial charge >= 0.3 is 12.1 Å². The number of aromatic nitrogens is 1. The molecule has 0 bridgehead atoms. The van der Waals surface area contributed by atoms with Gasteiger partial charge < -0.3 is 14.5 Å². The van der Waals surface area contributed by atoms with Crippen LogP contribution in [0, 0.1) is 21.4 Å². The van der Waals surface area contributed by atoms with Gasteiger partial charge in [0.1, 0.15) is 23.1 Å². The van der Waals surface area contributed by atoms with Crippen LogP contribution in [0.25, 0.3) is 11.1 Å². The molecule has 1 amide bonds. The first-order chi connectivity index (χ1) is 17.5. The molecular formula is C26H25BrN4O6. The smallest absolute Gasteiger partial charge is 0.415 e. The van der Waals surface area contributed by atoms with Gasteiger partial charge in [0.25, 0.3) is 5.69 Å². The molecule has 11 heteroatoms. The normalized spacial score (nSPS) is 10.9. The van der Waals surface area contributed by atoms with Crippen molar-refractivity contribution >= 4 is 39.4 Å². The van der Waals surface area contributed by atoms with E-state index in [9.17, 15) is 25.0 Å². The molecule has 0 radical (unpaired) electrons. The van der Waals surface area contributed by atoms with Gasteiger partial charge in [-0.1, -0.05) is 30.3 Å². The molecule has 0 aliphatic carbocycles. The van der Waals surface area contributed by atoms with Crippen molar-refractivity contribution in [3.05, 3.63) is 80.1 Å². The molecule has 1 aromatic heterocycles. The number of hydrogen-bond donors (Lipinski definition) is 1. The van der Waals surface area contributed by atoms with E-state index in [2.05, 4.69) is 27.0 Å². The second kappa shape index (κ2) is 11.3. The van der Waals surface area contributed by atoms with Crippen LogP contribution in [0.5, 0.6) is 0 Å². The summed E-state index contributed by atoms with van der Waals surface area (Å²) in [6, 6.07) is 13.0. The third-order valence-electron chi connectivity index (χ3n) is 5.12. The predicted molar refractivity (Wildman–Crippen MR) is 140 cm³/mol. The third-order valence-corrected chi connectivity index (χ3v) is 5.74. The monoisotopic (exact) mass is 568 g/mol. The van der Waals surface area contributed by atoms with Crippen LogP contribution < -0.4 is 4.90 Å². The highest BCUT2D eigenvalue weighted by Crippen LogP contribution is 2.36. The number of H-pyrrole nitrogens is 1. The molecule has 0 aliphatic rings. The minimum atomic E-state index is -0.902. The van der Waals surface area contributed by atoms with Crippen LogP contribution in [0.1, 0.15) is 49.3 Å². The molecule has 0 unspecified atom stereocenters. The number of rotatable bonds is 7. The molecule has 1 heterocycles. The number of ether oxygens (including phenoxy) is 2. The minimum Gasteiger partial charge on any atom is -0.462 e. The SMILES string of the molecule is CCOC(=O)c1cccc([N+](=O)[O-])c1N(Cc1ccc(-c2c(Br)c[nH]c2C#N)cc1)C(=O)OC(C)(C)C. The van der Waals surface area contributed by atoms with Gasteiger partial charge in [0, 0.05) is 22.3 Å². The number of para-hydroxylation sites is 1. The lowest BCUT2D eigenvalue weighted by Gasteiger charge is -2.28. The molecule has 0 aliphatic heterocycles.